The van der Waals surface area contributed by atoms with Gasteiger partial charge in [0.05, 0.1) is 5.69 Å². The maximum absolute atomic E-state index is 12.7. The number of piperidine rings is 1. The summed E-state index contributed by atoms with van der Waals surface area (Å²) in [5.41, 5.74) is 3.22. The average molecular weight is 341 g/mol. The van der Waals surface area contributed by atoms with Gasteiger partial charge in [-0.3, -0.25) is 9.89 Å². The van der Waals surface area contributed by atoms with Crippen LogP contribution in [0.2, 0.25) is 0 Å². The van der Waals surface area contributed by atoms with E-state index < -0.39 is 0 Å². The van der Waals surface area contributed by atoms with Gasteiger partial charge in [-0.05, 0) is 50.8 Å². The first kappa shape index (κ1) is 17.5. The topological polar surface area (TPSA) is 65.1 Å². The van der Waals surface area contributed by atoms with Crippen molar-refractivity contribution in [2.24, 2.45) is 0 Å². The van der Waals surface area contributed by atoms with E-state index in [1.807, 2.05) is 50.2 Å². The van der Waals surface area contributed by atoms with E-state index in [2.05, 4.69) is 20.1 Å². The number of hydrogen-bond donors (Lipinski definition) is 1. The first-order chi connectivity index (χ1) is 12.1. The molecule has 3 rings (SSSR count). The number of aromatic nitrogens is 3. The highest BCUT2D eigenvalue weighted by Crippen LogP contribution is 2.21. The molecule has 0 unspecified atom stereocenters. The Kier molecular flexibility index (Phi) is 5.36. The lowest BCUT2D eigenvalue weighted by atomic mass is 10.0. The summed E-state index contributed by atoms with van der Waals surface area (Å²) < 4.78 is 0. The molecule has 1 amide bonds. The minimum Gasteiger partial charge on any atom is -0.355 e. The first-order valence-electron chi connectivity index (χ1n) is 8.98. The number of hydrogen-bond acceptors (Lipinski definition) is 4. The zero-order chi connectivity index (χ0) is 17.8. The molecule has 0 bridgehead atoms. The van der Waals surface area contributed by atoms with Crippen molar-refractivity contribution < 1.29 is 4.79 Å². The number of anilines is 1. The highest BCUT2D eigenvalue weighted by Gasteiger charge is 2.26. The van der Waals surface area contributed by atoms with Crippen LogP contribution in [0.3, 0.4) is 0 Å². The Morgan fingerprint density at radius 3 is 2.92 bits per heavy atom. The van der Waals surface area contributed by atoms with E-state index in [9.17, 15) is 4.79 Å². The van der Waals surface area contributed by atoms with Crippen molar-refractivity contribution in [2.75, 3.05) is 25.0 Å². The van der Waals surface area contributed by atoms with Crippen LogP contribution in [0.4, 0.5) is 5.82 Å². The number of nitrogens with one attached hydrogen (secondary N) is 1. The predicted molar refractivity (Wildman–Crippen MR) is 98.6 cm³/mol. The number of pyridine rings is 1. The van der Waals surface area contributed by atoms with E-state index in [1.54, 1.807) is 0 Å². The van der Waals surface area contributed by atoms with E-state index in [4.69, 9.17) is 0 Å². The molecule has 2 aromatic rings. The van der Waals surface area contributed by atoms with Gasteiger partial charge in [0.25, 0.3) is 0 Å². The number of carbonyl (C=O) groups excluding carboxylic acids is 1. The highest BCUT2D eigenvalue weighted by molar-refractivity contribution is 5.76. The van der Waals surface area contributed by atoms with Crippen molar-refractivity contribution in [3.8, 4) is 0 Å². The molecule has 1 fully saturated rings. The normalized spacial score (nSPS) is 17.6. The largest absolute Gasteiger partial charge is 0.355 e. The minimum absolute atomic E-state index is 0.202. The van der Waals surface area contributed by atoms with E-state index >= 15 is 0 Å². The second-order valence-electron chi connectivity index (χ2n) is 6.85. The molecule has 1 aliphatic rings. The van der Waals surface area contributed by atoms with E-state index in [-0.39, 0.29) is 11.9 Å². The number of H-pyrrole nitrogens is 1. The Morgan fingerprint density at radius 2 is 2.24 bits per heavy atom. The van der Waals surface area contributed by atoms with Gasteiger partial charge in [-0.25, -0.2) is 4.98 Å². The Bertz CT molecular complexity index is 692. The minimum atomic E-state index is 0.202. The quantitative estimate of drug-likeness (QED) is 0.907. The lowest BCUT2D eigenvalue weighted by molar-refractivity contribution is -0.132. The molecule has 1 aliphatic heterocycles. The lowest BCUT2D eigenvalue weighted by Crippen LogP contribution is -2.48. The summed E-state index contributed by atoms with van der Waals surface area (Å²) in [5.74, 6) is 1.20. The van der Waals surface area contributed by atoms with E-state index in [0.717, 1.165) is 49.6 Å². The zero-order valence-corrected chi connectivity index (χ0v) is 15.3. The zero-order valence-electron chi connectivity index (χ0n) is 15.3. The summed E-state index contributed by atoms with van der Waals surface area (Å²) in [6.07, 6.45) is 5.23. The van der Waals surface area contributed by atoms with Crippen LogP contribution in [0.15, 0.2) is 24.4 Å². The van der Waals surface area contributed by atoms with Gasteiger partial charge in [0.1, 0.15) is 5.82 Å². The van der Waals surface area contributed by atoms with Crippen LogP contribution in [0.5, 0.6) is 0 Å². The van der Waals surface area contributed by atoms with Crippen molar-refractivity contribution in [1.29, 1.82) is 0 Å². The van der Waals surface area contributed by atoms with Crippen molar-refractivity contribution in [2.45, 2.75) is 45.6 Å². The number of aromatic amines is 1. The molecule has 0 radical (unpaired) electrons. The molecule has 1 atom stereocenters. The SMILES string of the molecule is Cc1n[nH]c(C)c1CCC(=O)N(C)[C@@H]1CCCN(c2ccccn2)C1. The number of rotatable bonds is 5. The fraction of sp³-hybridized carbons (Fsp3) is 0.526. The standard InChI is InChI=1S/C19H27N5O/c1-14-17(15(2)22-21-14)9-10-19(25)23(3)16-7-6-12-24(13-16)18-8-4-5-11-20-18/h4-5,8,11,16H,6-7,9-10,12-13H2,1-3H3,(H,21,22)/t16-/m1/s1. The van der Waals surface area contributed by atoms with Gasteiger partial charge < -0.3 is 9.80 Å². The van der Waals surface area contributed by atoms with Gasteiger partial charge >= 0.3 is 0 Å². The van der Waals surface area contributed by atoms with Crippen molar-refractivity contribution in [3.05, 3.63) is 41.3 Å². The fourth-order valence-corrected chi connectivity index (χ4v) is 3.57. The van der Waals surface area contributed by atoms with E-state index in [1.165, 1.54) is 5.56 Å². The van der Waals surface area contributed by atoms with Crippen molar-refractivity contribution in [3.63, 3.8) is 0 Å². The summed E-state index contributed by atoms with van der Waals surface area (Å²) in [4.78, 5) is 21.3. The Balaban J connectivity index is 1.58. The van der Waals surface area contributed by atoms with Gasteiger partial charge in [-0.15, -0.1) is 0 Å². The number of aryl methyl sites for hydroxylation is 2. The number of carbonyl (C=O) groups is 1. The van der Waals surface area contributed by atoms with E-state index in [0.29, 0.717) is 6.42 Å². The summed E-state index contributed by atoms with van der Waals surface area (Å²) >= 11 is 0. The van der Waals surface area contributed by atoms with Crippen molar-refractivity contribution >= 4 is 11.7 Å². The third kappa shape index (κ3) is 4.00. The maximum atomic E-state index is 12.7. The van der Waals surface area contributed by atoms with Gasteiger partial charge in [0, 0.05) is 44.5 Å². The van der Waals surface area contributed by atoms with Crippen LogP contribution in [-0.2, 0) is 11.2 Å². The molecule has 0 aromatic carbocycles. The lowest BCUT2D eigenvalue weighted by Gasteiger charge is -2.38. The summed E-state index contributed by atoms with van der Waals surface area (Å²) in [6.45, 7) is 5.85. The maximum Gasteiger partial charge on any atom is 0.222 e. The molecule has 6 nitrogen and oxygen atoms in total. The molecule has 1 N–H and O–H groups in total. The molecule has 3 heterocycles. The molecular weight excluding hydrogens is 314 g/mol. The number of nitrogens with zero attached hydrogens (tertiary/aromatic N) is 4. The Hall–Kier alpha value is -2.37. The smallest absolute Gasteiger partial charge is 0.222 e. The summed E-state index contributed by atoms with van der Waals surface area (Å²) in [7, 11) is 1.93. The summed E-state index contributed by atoms with van der Waals surface area (Å²) in [6, 6.07) is 6.22. The van der Waals surface area contributed by atoms with Crippen LogP contribution in [-0.4, -0.2) is 52.2 Å². The first-order valence-corrected chi connectivity index (χ1v) is 8.98. The summed E-state index contributed by atoms with van der Waals surface area (Å²) in [5, 5.41) is 7.20. The van der Waals surface area contributed by atoms with Crippen LogP contribution >= 0.6 is 0 Å². The molecule has 0 saturated carbocycles. The van der Waals surface area contributed by atoms with Gasteiger partial charge in [0.2, 0.25) is 5.91 Å². The molecule has 134 valence electrons. The van der Waals surface area contributed by atoms with Crippen LogP contribution in [0.25, 0.3) is 0 Å². The molecule has 0 aliphatic carbocycles. The van der Waals surface area contributed by atoms with Crippen LogP contribution in [0.1, 0.15) is 36.2 Å². The van der Waals surface area contributed by atoms with Gasteiger partial charge in [-0.1, -0.05) is 6.07 Å². The predicted octanol–water partition coefficient (Wildman–Crippen LogP) is 2.48. The highest BCUT2D eigenvalue weighted by atomic mass is 16.2. The monoisotopic (exact) mass is 341 g/mol. The Morgan fingerprint density at radius 1 is 1.40 bits per heavy atom. The number of likely N-dealkylation sites (N-methyl/N-ethyl adjacent to an activating group) is 1. The van der Waals surface area contributed by atoms with Crippen LogP contribution < -0.4 is 4.90 Å². The third-order valence-electron chi connectivity index (χ3n) is 5.18. The molecule has 6 heteroatoms. The second-order valence-corrected chi connectivity index (χ2v) is 6.85. The molecule has 2 aromatic heterocycles. The van der Waals surface area contributed by atoms with Crippen LogP contribution in [0, 0.1) is 13.8 Å². The second kappa shape index (κ2) is 7.68. The molecule has 0 spiro atoms. The average Bonchev–Trinajstić information content (AvgIpc) is 2.98. The van der Waals surface area contributed by atoms with Crippen molar-refractivity contribution in [1.82, 2.24) is 20.1 Å². The third-order valence-corrected chi connectivity index (χ3v) is 5.18. The van der Waals surface area contributed by atoms with Gasteiger partial charge in [-0.2, -0.15) is 5.10 Å². The van der Waals surface area contributed by atoms with Gasteiger partial charge in [0.15, 0.2) is 0 Å². The fourth-order valence-electron chi connectivity index (χ4n) is 3.57. The molecule has 1 saturated heterocycles. The Labute approximate surface area is 149 Å². The number of amides is 1. The molecule has 25 heavy (non-hydrogen) atoms. The molecular formula is C19H27N5O.